The molecule has 0 radical (unpaired) electrons. The maximum absolute atomic E-state index is 6.11. The van der Waals surface area contributed by atoms with Crippen LogP contribution < -0.4 is 5.73 Å². The number of nitrogens with zero attached hydrogens (tertiary/aromatic N) is 2. The zero-order valence-electron chi connectivity index (χ0n) is 8.03. The lowest BCUT2D eigenvalue weighted by Crippen LogP contribution is -2.51. The van der Waals surface area contributed by atoms with E-state index in [0.717, 1.165) is 12.8 Å². The van der Waals surface area contributed by atoms with Gasteiger partial charge in [0.15, 0.2) is 5.82 Å². The van der Waals surface area contributed by atoms with E-state index in [1.165, 1.54) is 6.39 Å². The van der Waals surface area contributed by atoms with Crippen molar-refractivity contribution in [2.24, 2.45) is 17.6 Å². The Kier molecular flexibility index (Phi) is 1.87. The third-order valence-electron chi connectivity index (χ3n) is 3.00. The molecule has 2 N–H and O–H groups in total. The molecule has 1 fully saturated rings. The summed E-state index contributed by atoms with van der Waals surface area (Å²) in [4.78, 5) is 4.00. The molecular weight excluding hydrogens is 166 g/mol. The van der Waals surface area contributed by atoms with E-state index < -0.39 is 0 Å². The van der Waals surface area contributed by atoms with E-state index in [0.29, 0.717) is 17.7 Å². The van der Waals surface area contributed by atoms with E-state index in [9.17, 15) is 0 Å². The summed E-state index contributed by atoms with van der Waals surface area (Å²) >= 11 is 0. The standard InChI is InChI=1S/C9H15N3O/c1-6(2)7-3-9(10,4-7)8-11-5-13-12-8/h5-7H,3-4,10H2,1-2H3. The second kappa shape index (κ2) is 2.80. The van der Waals surface area contributed by atoms with Crippen LogP contribution in [0.4, 0.5) is 0 Å². The maximum atomic E-state index is 6.11. The Hall–Kier alpha value is -0.900. The molecule has 1 saturated carbocycles. The van der Waals surface area contributed by atoms with Crippen molar-refractivity contribution in [2.45, 2.75) is 32.2 Å². The molecule has 1 aromatic heterocycles. The minimum absolute atomic E-state index is 0.318. The van der Waals surface area contributed by atoms with Gasteiger partial charge in [-0.15, -0.1) is 0 Å². The molecule has 2 rings (SSSR count). The lowest BCUT2D eigenvalue weighted by molar-refractivity contribution is 0.0945. The smallest absolute Gasteiger partial charge is 0.213 e. The van der Waals surface area contributed by atoms with Crippen LogP contribution in [0, 0.1) is 11.8 Å². The average Bonchev–Trinajstić information content (AvgIpc) is 2.49. The van der Waals surface area contributed by atoms with Gasteiger partial charge < -0.3 is 10.3 Å². The second-order valence-electron chi connectivity index (χ2n) is 4.32. The summed E-state index contributed by atoms with van der Waals surface area (Å²) < 4.78 is 4.69. The molecule has 0 aliphatic heterocycles. The van der Waals surface area contributed by atoms with Gasteiger partial charge in [0.1, 0.15) is 0 Å². The fourth-order valence-corrected chi connectivity index (χ4v) is 1.92. The van der Waals surface area contributed by atoms with Crippen molar-refractivity contribution in [3.63, 3.8) is 0 Å². The average molecular weight is 181 g/mol. The number of aromatic nitrogens is 2. The Morgan fingerprint density at radius 1 is 1.62 bits per heavy atom. The van der Waals surface area contributed by atoms with E-state index >= 15 is 0 Å². The summed E-state index contributed by atoms with van der Waals surface area (Å²) in [5.41, 5.74) is 5.79. The third kappa shape index (κ3) is 1.35. The molecule has 0 unspecified atom stereocenters. The van der Waals surface area contributed by atoms with Crippen LogP contribution >= 0.6 is 0 Å². The molecule has 1 heterocycles. The summed E-state index contributed by atoms with van der Waals surface area (Å²) in [7, 11) is 0. The molecule has 4 nitrogen and oxygen atoms in total. The number of hydrogen-bond acceptors (Lipinski definition) is 4. The van der Waals surface area contributed by atoms with Crippen LogP contribution in [0.15, 0.2) is 10.9 Å². The van der Waals surface area contributed by atoms with Gasteiger partial charge in [-0.1, -0.05) is 19.0 Å². The normalized spacial score (nSPS) is 33.4. The number of rotatable bonds is 2. The molecule has 4 heteroatoms. The van der Waals surface area contributed by atoms with Gasteiger partial charge in [0.05, 0.1) is 5.54 Å². The first-order chi connectivity index (χ1) is 6.12. The molecular formula is C9H15N3O. The Bertz CT molecular complexity index is 275. The minimum Gasteiger partial charge on any atom is -0.343 e. The van der Waals surface area contributed by atoms with Gasteiger partial charge in [-0.05, 0) is 24.7 Å². The lowest BCUT2D eigenvalue weighted by atomic mass is 9.64. The van der Waals surface area contributed by atoms with Crippen molar-refractivity contribution < 1.29 is 4.52 Å². The van der Waals surface area contributed by atoms with Crippen LogP contribution in [0.5, 0.6) is 0 Å². The van der Waals surface area contributed by atoms with E-state index in [1.807, 2.05) is 0 Å². The van der Waals surface area contributed by atoms with Gasteiger partial charge in [-0.25, -0.2) is 0 Å². The highest BCUT2D eigenvalue weighted by Crippen LogP contribution is 2.45. The van der Waals surface area contributed by atoms with Crippen molar-refractivity contribution >= 4 is 0 Å². The first kappa shape index (κ1) is 8.69. The molecule has 0 bridgehead atoms. The van der Waals surface area contributed by atoms with Gasteiger partial charge in [0.25, 0.3) is 0 Å². The predicted octanol–water partition coefficient (Wildman–Crippen LogP) is 1.29. The molecule has 0 amide bonds. The van der Waals surface area contributed by atoms with E-state index in [1.54, 1.807) is 0 Å². The first-order valence-corrected chi connectivity index (χ1v) is 4.67. The summed E-state index contributed by atoms with van der Waals surface area (Å²) in [6.07, 6.45) is 3.29. The highest BCUT2D eigenvalue weighted by Gasteiger charge is 2.46. The van der Waals surface area contributed by atoms with Gasteiger partial charge in [0.2, 0.25) is 6.39 Å². The Balaban J connectivity index is 2.04. The summed E-state index contributed by atoms with van der Waals surface area (Å²) in [5.74, 6) is 2.07. The third-order valence-corrected chi connectivity index (χ3v) is 3.00. The van der Waals surface area contributed by atoms with Gasteiger partial charge in [0, 0.05) is 0 Å². The second-order valence-corrected chi connectivity index (χ2v) is 4.32. The highest BCUT2D eigenvalue weighted by atomic mass is 16.5. The molecule has 1 aliphatic carbocycles. The molecule has 13 heavy (non-hydrogen) atoms. The first-order valence-electron chi connectivity index (χ1n) is 4.67. The zero-order valence-corrected chi connectivity index (χ0v) is 8.03. The van der Waals surface area contributed by atoms with E-state index in [2.05, 4.69) is 24.0 Å². The quantitative estimate of drug-likeness (QED) is 0.746. The fraction of sp³-hybridized carbons (Fsp3) is 0.778. The van der Waals surface area contributed by atoms with Crippen molar-refractivity contribution in [2.75, 3.05) is 0 Å². The van der Waals surface area contributed by atoms with Crippen molar-refractivity contribution in [1.29, 1.82) is 0 Å². The Morgan fingerprint density at radius 2 is 2.31 bits per heavy atom. The van der Waals surface area contributed by atoms with Crippen LogP contribution in [0.25, 0.3) is 0 Å². The zero-order chi connectivity index (χ0) is 9.47. The lowest BCUT2D eigenvalue weighted by Gasteiger charge is -2.44. The highest BCUT2D eigenvalue weighted by molar-refractivity contribution is 5.10. The van der Waals surface area contributed by atoms with Crippen molar-refractivity contribution in [1.82, 2.24) is 10.1 Å². The SMILES string of the molecule is CC(C)C1CC(N)(c2ncon2)C1. The molecule has 1 aromatic rings. The van der Waals surface area contributed by atoms with Crippen LogP contribution in [0.2, 0.25) is 0 Å². The Labute approximate surface area is 77.5 Å². The van der Waals surface area contributed by atoms with Crippen LogP contribution in [0.1, 0.15) is 32.5 Å². The molecule has 1 aliphatic rings. The van der Waals surface area contributed by atoms with Crippen molar-refractivity contribution in [3.8, 4) is 0 Å². The van der Waals surface area contributed by atoms with Gasteiger partial charge in [-0.3, -0.25) is 0 Å². The molecule has 0 atom stereocenters. The largest absolute Gasteiger partial charge is 0.343 e. The van der Waals surface area contributed by atoms with Gasteiger partial charge in [-0.2, -0.15) is 4.98 Å². The Morgan fingerprint density at radius 3 is 2.77 bits per heavy atom. The molecule has 72 valence electrons. The topological polar surface area (TPSA) is 64.9 Å². The summed E-state index contributed by atoms with van der Waals surface area (Å²) in [6.45, 7) is 4.45. The molecule has 0 spiro atoms. The number of hydrogen-bond donors (Lipinski definition) is 1. The van der Waals surface area contributed by atoms with Crippen molar-refractivity contribution in [3.05, 3.63) is 12.2 Å². The summed E-state index contributed by atoms with van der Waals surface area (Å²) in [5, 5.41) is 3.79. The van der Waals surface area contributed by atoms with Gasteiger partial charge >= 0.3 is 0 Å². The predicted molar refractivity (Wildman–Crippen MR) is 47.7 cm³/mol. The van der Waals surface area contributed by atoms with Crippen LogP contribution in [-0.2, 0) is 5.54 Å². The van der Waals surface area contributed by atoms with Crippen LogP contribution in [-0.4, -0.2) is 10.1 Å². The summed E-state index contributed by atoms with van der Waals surface area (Å²) in [6, 6.07) is 0. The minimum atomic E-state index is -0.318. The fourth-order valence-electron chi connectivity index (χ4n) is 1.92. The maximum Gasteiger partial charge on any atom is 0.213 e. The monoisotopic (exact) mass is 181 g/mol. The molecule has 0 saturated heterocycles. The molecule has 0 aromatic carbocycles. The van der Waals surface area contributed by atoms with E-state index in [-0.39, 0.29) is 5.54 Å². The van der Waals surface area contributed by atoms with E-state index in [4.69, 9.17) is 10.3 Å². The van der Waals surface area contributed by atoms with Crippen LogP contribution in [0.3, 0.4) is 0 Å². The number of nitrogens with two attached hydrogens (primary N) is 1.